The summed E-state index contributed by atoms with van der Waals surface area (Å²) < 4.78 is 57.6. The number of ether oxygens (including phenoxy) is 1. The number of rotatable bonds is 7. The van der Waals surface area contributed by atoms with Gasteiger partial charge in [-0.25, -0.2) is 17.6 Å². The third kappa shape index (κ3) is 4.43. The Bertz CT molecular complexity index is 537. The standard InChI is InChI=1S/C15H19F4NO2/c1-3-8(6-12(20)15(21)22-2)4-5-9-10(16)7-11(17)14(19)13(9)18/h7-8,12H,3-6,20H2,1-2H3. The van der Waals surface area contributed by atoms with Crippen molar-refractivity contribution in [2.45, 2.75) is 38.6 Å². The molecule has 0 aliphatic carbocycles. The van der Waals surface area contributed by atoms with Gasteiger partial charge >= 0.3 is 5.97 Å². The van der Waals surface area contributed by atoms with Crippen LogP contribution in [0, 0.1) is 29.2 Å². The highest BCUT2D eigenvalue weighted by Crippen LogP contribution is 2.24. The van der Waals surface area contributed by atoms with Crippen molar-refractivity contribution in [3.8, 4) is 0 Å². The number of esters is 1. The molecule has 2 unspecified atom stereocenters. The fourth-order valence-electron chi connectivity index (χ4n) is 2.28. The minimum absolute atomic E-state index is 0.0963. The third-order valence-electron chi connectivity index (χ3n) is 3.68. The lowest BCUT2D eigenvalue weighted by Gasteiger charge is -2.18. The molecule has 124 valence electrons. The highest BCUT2D eigenvalue weighted by atomic mass is 19.2. The summed E-state index contributed by atoms with van der Waals surface area (Å²) in [6, 6.07) is -0.496. The van der Waals surface area contributed by atoms with E-state index in [1.165, 1.54) is 7.11 Å². The molecular formula is C15H19F4NO2. The maximum atomic E-state index is 13.6. The van der Waals surface area contributed by atoms with Crippen molar-refractivity contribution in [1.29, 1.82) is 0 Å². The third-order valence-corrected chi connectivity index (χ3v) is 3.68. The summed E-state index contributed by atoms with van der Waals surface area (Å²) in [6.45, 7) is 1.84. The van der Waals surface area contributed by atoms with Crippen molar-refractivity contribution < 1.29 is 27.1 Å². The number of nitrogens with two attached hydrogens (primary N) is 1. The molecule has 3 nitrogen and oxygen atoms in total. The van der Waals surface area contributed by atoms with Crippen LogP contribution in [0.25, 0.3) is 0 Å². The summed E-state index contributed by atoms with van der Waals surface area (Å²) in [5, 5.41) is 0. The zero-order chi connectivity index (χ0) is 16.9. The molecule has 0 saturated carbocycles. The Hall–Kier alpha value is -1.63. The summed E-state index contributed by atoms with van der Waals surface area (Å²) >= 11 is 0. The SMILES string of the molecule is CCC(CCc1c(F)cc(F)c(F)c1F)CC(N)C(=O)OC. The average Bonchev–Trinajstić information content (AvgIpc) is 2.50. The summed E-state index contributed by atoms with van der Waals surface area (Å²) in [7, 11) is 1.22. The Morgan fingerprint density at radius 1 is 1.23 bits per heavy atom. The van der Waals surface area contributed by atoms with Crippen LogP contribution in [0.15, 0.2) is 6.07 Å². The van der Waals surface area contributed by atoms with Gasteiger partial charge in [0.05, 0.1) is 7.11 Å². The number of halogens is 4. The van der Waals surface area contributed by atoms with Crippen molar-refractivity contribution in [3.63, 3.8) is 0 Å². The lowest BCUT2D eigenvalue weighted by Crippen LogP contribution is -2.33. The monoisotopic (exact) mass is 321 g/mol. The highest BCUT2D eigenvalue weighted by molar-refractivity contribution is 5.75. The fraction of sp³-hybridized carbons (Fsp3) is 0.533. The van der Waals surface area contributed by atoms with Crippen LogP contribution in [0.2, 0.25) is 0 Å². The molecule has 2 N–H and O–H groups in total. The number of carbonyl (C=O) groups is 1. The van der Waals surface area contributed by atoms with Crippen LogP contribution in [0.5, 0.6) is 0 Å². The normalized spacial score (nSPS) is 13.8. The average molecular weight is 321 g/mol. The van der Waals surface area contributed by atoms with Gasteiger partial charge in [-0.05, 0) is 25.2 Å². The van der Waals surface area contributed by atoms with Gasteiger partial charge in [0.15, 0.2) is 17.5 Å². The maximum absolute atomic E-state index is 13.6. The van der Waals surface area contributed by atoms with Crippen molar-refractivity contribution in [1.82, 2.24) is 0 Å². The van der Waals surface area contributed by atoms with Crippen LogP contribution in [-0.4, -0.2) is 19.1 Å². The Balaban J connectivity index is 2.76. The Morgan fingerprint density at radius 3 is 2.41 bits per heavy atom. The minimum atomic E-state index is -1.68. The quantitative estimate of drug-likeness (QED) is 0.363. The molecule has 1 rings (SSSR count). The van der Waals surface area contributed by atoms with E-state index < -0.39 is 40.8 Å². The van der Waals surface area contributed by atoms with Gasteiger partial charge in [0.1, 0.15) is 11.9 Å². The van der Waals surface area contributed by atoms with E-state index in [1.807, 2.05) is 6.92 Å². The predicted octanol–water partition coefficient (Wildman–Crippen LogP) is 3.09. The van der Waals surface area contributed by atoms with Gasteiger partial charge in [0, 0.05) is 11.6 Å². The van der Waals surface area contributed by atoms with E-state index in [4.69, 9.17) is 5.73 Å². The molecule has 0 aliphatic heterocycles. The van der Waals surface area contributed by atoms with Crippen molar-refractivity contribution in [3.05, 3.63) is 34.9 Å². The minimum Gasteiger partial charge on any atom is -0.468 e. The molecule has 22 heavy (non-hydrogen) atoms. The van der Waals surface area contributed by atoms with E-state index in [-0.39, 0.29) is 18.8 Å². The van der Waals surface area contributed by atoms with Gasteiger partial charge in [-0.1, -0.05) is 13.3 Å². The second-order valence-corrected chi connectivity index (χ2v) is 5.13. The van der Waals surface area contributed by atoms with E-state index in [2.05, 4.69) is 4.74 Å². The second-order valence-electron chi connectivity index (χ2n) is 5.13. The smallest absolute Gasteiger partial charge is 0.322 e. The Kier molecular flexibility index (Phi) is 6.80. The van der Waals surface area contributed by atoms with Crippen molar-refractivity contribution >= 4 is 5.97 Å². The Morgan fingerprint density at radius 2 is 1.86 bits per heavy atom. The van der Waals surface area contributed by atoms with Crippen molar-refractivity contribution in [2.75, 3.05) is 7.11 Å². The molecule has 1 aromatic rings. The lowest BCUT2D eigenvalue weighted by molar-refractivity contribution is -0.142. The number of hydrogen-bond acceptors (Lipinski definition) is 3. The van der Waals surface area contributed by atoms with Crippen molar-refractivity contribution in [2.24, 2.45) is 11.7 Å². The van der Waals surface area contributed by atoms with E-state index in [1.54, 1.807) is 0 Å². The summed E-state index contributed by atoms with van der Waals surface area (Å²) in [5.41, 5.74) is 5.15. The largest absolute Gasteiger partial charge is 0.468 e. The zero-order valence-corrected chi connectivity index (χ0v) is 12.5. The summed E-state index contributed by atoms with van der Waals surface area (Å²) in [6.07, 6.45) is 1.09. The predicted molar refractivity (Wildman–Crippen MR) is 73.0 cm³/mol. The van der Waals surface area contributed by atoms with Crippen LogP contribution in [-0.2, 0) is 16.0 Å². The van der Waals surface area contributed by atoms with Crippen LogP contribution in [0.4, 0.5) is 17.6 Å². The molecule has 1 aromatic carbocycles. The fourth-order valence-corrected chi connectivity index (χ4v) is 2.28. The highest BCUT2D eigenvalue weighted by Gasteiger charge is 2.22. The second kappa shape index (κ2) is 8.12. The molecular weight excluding hydrogens is 302 g/mol. The first-order chi connectivity index (χ1) is 10.3. The first-order valence-corrected chi connectivity index (χ1v) is 6.97. The zero-order valence-electron chi connectivity index (χ0n) is 12.5. The first-order valence-electron chi connectivity index (χ1n) is 6.97. The van der Waals surface area contributed by atoms with Gasteiger partial charge in [0.25, 0.3) is 0 Å². The van der Waals surface area contributed by atoms with E-state index in [9.17, 15) is 22.4 Å². The summed E-state index contributed by atoms with van der Waals surface area (Å²) in [5.74, 6) is -6.54. The molecule has 0 saturated heterocycles. The van der Waals surface area contributed by atoms with Crippen LogP contribution < -0.4 is 5.73 Å². The number of hydrogen-bond donors (Lipinski definition) is 1. The molecule has 0 radical (unpaired) electrons. The summed E-state index contributed by atoms with van der Waals surface area (Å²) in [4.78, 5) is 11.3. The molecule has 0 amide bonds. The number of methoxy groups -OCH3 is 1. The lowest BCUT2D eigenvalue weighted by atomic mass is 9.91. The van der Waals surface area contributed by atoms with Crippen LogP contribution >= 0.6 is 0 Å². The van der Waals surface area contributed by atoms with Crippen LogP contribution in [0.3, 0.4) is 0 Å². The molecule has 0 spiro atoms. The topological polar surface area (TPSA) is 52.3 Å². The van der Waals surface area contributed by atoms with E-state index in [0.29, 0.717) is 18.9 Å². The molecule has 0 bridgehead atoms. The maximum Gasteiger partial charge on any atom is 0.322 e. The first kappa shape index (κ1) is 18.4. The van der Waals surface area contributed by atoms with E-state index in [0.717, 1.165) is 0 Å². The van der Waals surface area contributed by atoms with Gasteiger partial charge in [-0.2, -0.15) is 0 Å². The van der Waals surface area contributed by atoms with E-state index >= 15 is 0 Å². The molecule has 2 atom stereocenters. The van der Waals surface area contributed by atoms with Gasteiger partial charge < -0.3 is 10.5 Å². The van der Waals surface area contributed by atoms with Gasteiger partial charge in [-0.15, -0.1) is 0 Å². The molecule has 0 aliphatic rings. The molecule has 7 heteroatoms. The number of carbonyl (C=O) groups excluding carboxylic acids is 1. The van der Waals surface area contributed by atoms with Gasteiger partial charge in [0.2, 0.25) is 0 Å². The Labute approximate surface area is 126 Å². The van der Waals surface area contributed by atoms with Gasteiger partial charge in [-0.3, -0.25) is 4.79 Å². The number of benzene rings is 1. The van der Waals surface area contributed by atoms with Crippen LogP contribution in [0.1, 0.15) is 31.7 Å². The molecule has 0 heterocycles. The molecule has 0 fully saturated rings. The molecule has 0 aromatic heterocycles.